The van der Waals surface area contributed by atoms with Gasteiger partial charge in [0.25, 0.3) is 0 Å². The molecule has 5 aliphatic carbocycles. The van der Waals surface area contributed by atoms with Crippen LogP contribution in [-0.4, -0.2) is 31.5 Å². The Hall–Kier alpha value is -1.49. The van der Waals surface area contributed by atoms with Crippen molar-refractivity contribution in [1.29, 1.82) is 0 Å². The molecule has 0 radical (unpaired) electrons. The Bertz CT molecular complexity index is 995. The second-order valence-electron chi connectivity index (χ2n) is 13.3. The lowest BCUT2D eigenvalue weighted by molar-refractivity contribution is -0.133. The number of ketones is 1. The van der Waals surface area contributed by atoms with E-state index in [9.17, 15) is 9.90 Å². The van der Waals surface area contributed by atoms with Gasteiger partial charge in [0.15, 0.2) is 5.78 Å². The van der Waals surface area contributed by atoms with Crippen molar-refractivity contribution in [2.24, 2.45) is 46.8 Å². The Morgan fingerprint density at radius 1 is 1.06 bits per heavy atom. The maximum atomic E-state index is 13.8. The number of carbonyl (C=O) groups excluding carboxylic acids is 1. The molecule has 5 aliphatic rings. The normalized spacial score (nSPS) is 47.4. The first kappa shape index (κ1) is 22.9. The number of aliphatic hydroxyl groups is 1. The van der Waals surface area contributed by atoms with Gasteiger partial charge in [0.1, 0.15) is 12.2 Å². The third kappa shape index (κ3) is 3.47. The molecule has 1 aromatic rings. The molecule has 0 spiro atoms. The van der Waals surface area contributed by atoms with Gasteiger partial charge < -0.3 is 5.11 Å². The highest BCUT2D eigenvalue weighted by Gasteiger charge is 2.58. The molecule has 0 aromatic carbocycles. The van der Waals surface area contributed by atoms with Crippen LogP contribution in [0.25, 0.3) is 6.08 Å². The zero-order valence-electron chi connectivity index (χ0n) is 21.5. The first-order chi connectivity index (χ1) is 16.2. The van der Waals surface area contributed by atoms with E-state index in [-0.39, 0.29) is 11.3 Å². The molecule has 4 fully saturated rings. The summed E-state index contributed by atoms with van der Waals surface area (Å²) in [6.07, 6.45) is 14.8. The predicted octanol–water partition coefficient (Wildman–Crippen LogP) is 5.63. The number of allylic oxidation sites excluding steroid dienone is 1. The fraction of sp³-hybridized carbons (Fsp3) is 0.828. The molecule has 4 saturated carbocycles. The van der Waals surface area contributed by atoms with Crippen molar-refractivity contribution >= 4 is 11.9 Å². The Morgan fingerprint density at radius 3 is 2.68 bits per heavy atom. The van der Waals surface area contributed by atoms with Crippen LogP contribution >= 0.6 is 0 Å². The molecule has 0 bridgehead atoms. The van der Waals surface area contributed by atoms with E-state index in [0.29, 0.717) is 36.0 Å². The summed E-state index contributed by atoms with van der Waals surface area (Å²) < 4.78 is 1.92. The zero-order valence-corrected chi connectivity index (χ0v) is 21.5. The maximum Gasteiger partial charge on any atom is 0.157 e. The summed E-state index contributed by atoms with van der Waals surface area (Å²) in [6, 6.07) is 0. The van der Waals surface area contributed by atoms with Gasteiger partial charge in [0.2, 0.25) is 0 Å². The Morgan fingerprint density at radius 2 is 1.85 bits per heavy atom. The van der Waals surface area contributed by atoms with Crippen LogP contribution in [0, 0.1) is 46.8 Å². The summed E-state index contributed by atoms with van der Waals surface area (Å²) in [6.45, 7) is 9.34. The van der Waals surface area contributed by atoms with Crippen LogP contribution in [0.4, 0.5) is 0 Å². The van der Waals surface area contributed by atoms with Gasteiger partial charge in [-0.05, 0) is 112 Å². The smallest absolute Gasteiger partial charge is 0.157 e. The predicted molar refractivity (Wildman–Crippen MR) is 133 cm³/mol. The van der Waals surface area contributed by atoms with Gasteiger partial charge in [0, 0.05) is 11.8 Å². The topological polar surface area (TPSA) is 68.0 Å². The van der Waals surface area contributed by atoms with Crippen LogP contribution in [0.1, 0.15) is 103 Å². The average molecular weight is 466 g/mol. The lowest BCUT2D eigenvalue weighted by Gasteiger charge is -2.56. The summed E-state index contributed by atoms with van der Waals surface area (Å²) in [5.74, 6) is 5.14. The molecule has 1 N–H and O–H groups in total. The fourth-order valence-corrected chi connectivity index (χ4v) is 9.56. The molecule has 186 valence electrons. The van der Waals surface area contributed by atoms with Gasteiger partial charge in [0.05, 0.1) is 11.3 Å². The van der Waals surface area contributed by atoms with Crippen LogP contribution < -0.4 is 0 Å². The van der Waals surface area contributed by atoms with Crippen molar-refractivity contribution < 1.29 is 9.90 Å². The fourth-order valence-electron chi connectivity index (χ4n) is 9.56. The molecule has 34 heavy (non-hydrogen) atoms. The molecule has 4 unspecified atom stereocenters. The monoisotopic (exact) mass is 465 g/mol. The number of rotatable bonds is 3. The molecule has 0 aliphatic heterocycles. The molecular weight excluding hydrogens is 422 g/mol. The van der Waals surface area contributed by atoms with Gasteiger partial charge in [-0.15, -0.1) is 5.10 Å². The van der Waals surface area contributed by atoms with E-state index >= 15 is 0 Å². The number of carbonyl (C=O) groups is 1. The van der Waals surface area contributed by atoms with Crippen LogP contribution in [0.5, 0.6) is 0 Å². The molecule has 0 amide bonds. The van der Waals surface area contributed by atoms with Gasteiger partial charge >= 0.3 is 0 Å². The van der Waals surface area contributed by atoms with E-state index in [1.54, 1.807) is 0 Å². The van der Waals surface area contributed by atoms with Gasteiger partial charge in [-0.25, -0.2) is 4.68 Å². The van der Waals surface area contributed by atoms with Crippen LogP contribution in [0.2, 0.25) is 0 Å². The van der Waals surface area contributed by atoms with E-state index in [1.165, 1.54) is 38.5 Å². The Kier molecular flexibility index (Phi) is 5.41. The van der Waals surface area contributed by atoms with E-state index < -0.39 is 5.60 Å². The Labute approximate surface area is 204 Å². The van der Waals surface area contributed by atoms with Crippen molar-refractivity contribution in [3.63, 3.8) is 0 Å². The molecule has 6 rings (SSSR count). The number of nitrogens with zero attached hydrogens (tertiary/aromatic N) is 3. The number of hydrogen-bond acceptors (Lipinski definition) is 4. The van der Waals surface area contributed by atoms with Gasteiger partial charge in [-0.1, -0.05) is 32.1 Å². The molecule has 5 nitrogen and oxygen atoms in total. The summed E-state index contributed by atoms with van der Waals surface area (Å²) >= 11 is 0. The molecule has 1 heterocycles. The number of hydrogen-bond donors (Lipinski definition) is 1. The van der Waals surface area contributed by atoms with E-state index in [4.69, 9.17) is 0 Å². The molecule has 10 atom stereocenters. The summed E-state index contributed by atoms with van der Waals surface area (Å²) in [5.41, 5.74) is 1.77. The van der Waals surface area contributed by atoms with Crippen LogP contribution in [0.3, 0.4) is 0 Å². The van der Waals surface area contributed by atoms with E-state index in [2.05, 4.69) is 43.2 Å². The minimum absolute atomic E-state index is 0.144. The molecule has 0 saturated heterocycles. The van der Waals surface area contributed by atoms with Gasteiger partial charge in [-0.3, -0.25) is 4.79 Å². The highest BCUT2D eigenvalue weighted by atomic mass is 16.3. The summed E-state index contributed by atoms with van der Waals surface area (Å²) in [4.78, 5) is 13.8. The first-order valence-electron chi connectivity index (χ1n) is 14.0. The molecular formula is C29H43N3O2. The SMILES string of the molecule is CC1C=Cc2nnn(CC(=O)[C@H]3CC[C@H]4[C@@H]5CCC6C[C@](C)(O)CCC6[C@H]5CC[C@]34C)c2C1C. The van der Waals surface area contributed by atoms with Crippen molar-refractivity contribution in [3.8, 4) is 0 Å². The second-order valence-corrected chi connectivity index (χ2v) is 13.3. The molecule has 5 heteroatoms. The van der Waals surface area contributed by atoms with Crippen LogP contribution in [-0.2, 0) is 11.3 Å². The second kappa shape index (κ2) is 8.01. The molecule has 1 aromatic heterocycles. The number of aromatic nitrogens is 3. The lowest BCUT2D eigenvalue weighted by Crippen LogP contribution is -2.51. The summed E-state index contributed by atoms with van der Waals surface area (Å²) in [5, 5.41) is 19.5. The van der Waals surface area contributed by atoms with E-state index in [0.717, 1.165) is 48.4 Å². The third-order valence-corrected chi connectivity index (χ3v) is 11.5. The highest BCUT2D eigenvalue weighted by Crippen LogP contribution is 2.64. The maximum absolute atomic E-state index is 13.8. The van der Waals surface area contributed by atoms with E-state index in [1.807, 2.05) is 11.6 Å². The standard InChI is InChI=1S/C29H43N3O2/c1-17-5-10-25-27(18(17)2)32(31-30-25)16-26(33)24-9-8-23-22-7-6-19-15-28(3,34)13-11-20(19)21(22)12-14-29(23,24)4/h5,10,17-24,34H,6-9,11-16H2,1-4H3/t17?,18?,19?,20?,21-,22-,23+,24-,28-,29+/m1/s1. The zero-order chi connectivity index (χ0) is 23.8. The number of fused-ring (bicyclic) bond motifs is 6. The quantitative estimate of drug-likeness (QED) is 0.628. The Balaban J connectivity index is 1.19. The lowest BCUT2D eigenvalue weighted by atomic mass is 9.49. The largest absolute Gasteiger partial charge is 0.390 e. The first-order valence-corrected chi connectivity index (χ1v) is 14.0. The van der Waals surface area contributed by atoms with Crippen molar-refractivity contribution in [2.45, 2.75) is 104 Å². The van der Waals surface area contributed by atoms with Crippen LogP contribution in [0.15, 0.2) is 6.08 Å². The number of Topliss-reactive ketones (excluding diaryl/α,β-unsaturated/α-hetero) is 1. The van der Waals surface area contributed by atoms with Crippen molar-refractivity contribution in [2.75, 3.05) is 0 Å². The van der Waals surface area contributed by atoms with Crippen molar-refractivity contribution in [1.82, 2.24) is 15.0 Å². The summed E-state index contributed by atoms with van der Waals surface area (Å²) in [7, 11) is 0. The minimum atomic E-state index is -0.451. The van der Waals surface area contributed by atoms with Crippen molar-refractivity contribution in [3.05, 3.63) is 17.5 Å². The highest BCUT2D eigenvalue weighted by molar-refractivity contribution is 5.82. The minimum Gasteiger partial charge on any atom is -0.390 e. The third-order valence-electron chi connectivity index (χ3n) is 11.5. The van der Waals surface area contributed by atoms with Gasteiger partial charge in [-0.2, -0.15) is 0 Å². The average Bonchev–Trinajstić information content (AvgIpc) is 3.36.